The van der Waals surface area contributed by atoms with Crippen LogP contribution < -0.4 is 5.56 Å². The summed E-state index contributed by atoms with van der Waals surface area (Å²) in [6.45, 7) is 4.37. The van der Waals surface area contributed by atoms with Crippen molar-refractivity contribution in [1.82, 2.24) is 9.55 Å². The van der Waals surface area contributed by atoms with Crippen LogP contribution in [0.15, 0.2) is 16.9 Å². The average molecular weight is 420 g/mol. The predicted molar refractivity (Wildman–Crippen MR) is 117 cm³/mol. The number of fused-ring (bicyclic) bond motifs is 4. The van der Waals surface area contributed by atoms with Gasteiger partial charge >= 0.3 is 0 Å². The maximum Gasteiger partial charge on any atom is 0.257 e. The number of methoxy groups -OCH3 is 1. The fourth-order valence-corrected chi connectivity index (χ4v) is 5.33. The van der Waals surface area contributed by atoms with Crippen molar-refractivity contribution in [2.75, 3.05) is 7.11 Å². The van der Waals surface area contributed by atoms with Gasteiger partial charge in [0.2, 0.25) is 0 Å². The van der Waals surface area contributed by atoms with E-state index in [2.05, 4.69) is 0 Å². The minimum absolute atomic E-state index is 0.137. The number of carbonyl (C=O) groups is 1. The van der Waals surface area contributed by atoms with Crippen LogP contribution in [-0.4, -0.2) is 22.9 Å². The number of ether oxygens (including phenoxy) is 1. The van der Waals surface area contributed by atoms with Crippen LogP contribution in [0.25, 0.3) is 22.3 Å². The molecule has 31 heavy (non-hydrogen) atoms. The third-order valence-corrected chi connectivity index (χ3v) is 6.96. The van der Waals surface area contributed by atoms with Gasteiger partial charge in [0.15, 0.2) is 0 Å². The summed E-state index contributed by atoms with van der Waals surface area (Å²) < 4.78 is 21.6. The van der Waals surface area contributed by atoms with Crippen molar-refractivity contribution in [3.8, 4) is 11.4 Å². The molecule has 3 heterocycles. The summed E-state index contributed by atoms with van der Waals surface area (Å²) in [4.78, 5) is 30.0. The van der Waals surface area contributed by atoms with Gasteiger partial charge in [0.1, 0.15) is 12.1 Å². The number of rotatable bonds is 5. The molecule has 1 unspecified atom stereocenters. The Labute approximate surface area is 179 Å². The van der Waals surface area contributed by atoms with Gasteiger partial charge in [0, 0.05) is 35.6 Å². The van der Waals surface area contributed by atoms with E-state index in [1.807, 2.05) is 19.9 Å². The summed E-state index contributed by atoms with van der Waals surface area (Å²) in [6.07, 6.45) is 4.19. The molecule has 0 amide bonds. The Balaban J connectivity index is 1.83. The fourth-order valence-electron chi connectivity index (χ4n) is 5.33. The molecule has 0 fully saturated rings. The van der Waals surface area contributed by atoms with Crippen LogP contribution in [0.4, 0.5) is 4.39 Å². The maximum atomic E-state index is 14.6. The van der Waals surface area contributed by atoms with E-state index in [-0.39, 0.29) is 23.9 Å². The SMILES string of the molecule is CCC(C=O)c1cc2n(c(=O)c1COC)Cc1c-2nc2cc(F)c(C)c3c2c1CCC3. The largest absolute Gasteiger partial charge is 0.380 e. The van der Waals surface area contributed by atoms with Crippen molar-refractivity contribution in [3.63, 3.8) is 0 Å². The van der Waals surface area contributed by atoms with Gasteiger partial charge in [-0.2, -0.15) is 0 Å². The molecule has 0 radical (unpaired) electrons. The van der Waals surface area contributed by atoms with Gasteiger partial charge in [0.25, 0.3) is 5.56 Å². The standard InChI is InChI=1S/C25H25FN2O3/c1-4-14(11-29)17-8-22-24-18(10-28(22)25(30)19(17)12-31-3)16-7-5-6-15-13(2)20(26)9-21(27-24)23(15)16/h8-9,11,14H,4-7,10,12H2,1-3H3. The highest BCUT2D eigenvalue weighted by Crippen LogP contribution is 2.41. The topological polar surface area (TPSA) is 61.2 Å². The van der Waals surface area contributed by atoms with E-state index in [4.69, 9.17) is 9.72 Å². The van der Waals surface area contributed by atoms with Crippen molar-refractivity contribution >= 4 is 17.2 Å². The lowest BCUT2D eigenvalue weighted by atomic mass is 9.85. The highest BCUT2D eigenvalue weighted by Gasteiger charge is 2.31. The molecule has 2 aromatic heterocycles. The zero-order valence-corrected chi connectivity index (χ0v) is 18.0. The zero-order chi connectivity index (χ0) is 21.9. The highest BCUT2D eigenvalue weighted by atomic mass is 19.1. The quantitative estimate of drug-likeness (QED) is 0.454. The normalized spacial score (nSPS) is 15.1. The summed E-state index contributed by atoms with van der Waals surface area (Å²) in [7, 11) is 1.55. The maximum absolute atomic E-state index is 14.6. The molecular weight excluding hydrogens is 395 g/mol. The molecule has 0 saturated heterocycles. The van der Waals surface area contributed by atoms with E-state index in [1.54, 1.807) is 11.7 Å². The van der Waals surface area contributed by atoms with Crippen LogP contribution >= 0.6 is 0 Å². The van der Waals surface area contributed by atoms with E-state index in [9.17, 15) is 14.0 Å². The Hall–Kier alpha value is -2.86. The minimum atomic E-state index is -0.377. The van der Waals surface area contributed by atoms with Gasteiger partial charge in [-0.1, -0.05) is 6.92 Å². The lowest BCUT2D eigenvalue weighted by Crippen LogP contribution is -2.26. The molecular formula is C25H25FN2O3. The lowest BCUT2D eigenvalue weighted by molar-refractivity contribution is -0.109. The number of halogens is 1. The number of carbonyl (C=O) groups excluding carboxylic acids is 1. The Bertz CT molecular complexity index is 1310. The van der Waals surface area contributed by atoms with Gasteiger partial charge < -0.3 is 14.1 Å². The van der Waals surface area contributed by atoms with Gasteiger partial charge in [-0.25, -0.2) is 9.37 Å². The van der Waals surface area contributed by atoms with Crippen molar-refractivity contribution < 1.29 is 13.9 Å². The third-order valence-electron chi connectivity index (χ3n) is 6.96. The molecule has 0 N–H and O–H groups in total. The molecule has 5 rings (SSSR count). The molecule has 1 atom stereocenters. The lowest BCUT2D eigenvalue weighted by Gasteiger charge is -2.21. The summed E-state index contributed by atoms with van der Waals surface area (Å²) in [5, 5.41) is 1.06. The monoisotopic (exact) mass is 420 g/mol. The van der Waals surface area contributed by atoms with Gasteiger partial charge in [0.05, 0.1) is 30.1 Å². The molecule has 0 saturated carbocycles. The average Bonchev–Trinajstić information content (AvgIpc) is 3.14. The molecule has 160 valence electrons. The second-order valence-electron chi connectivity index (χ2n) is 8.57. The van der Waals surface area contributed by atoms with Crippen molar-refractivity contribution in [2.24, 2.45) is 0 Å². The van der Waals surface area contributed by atoms with E-state index >= 15 is 0 Å². The highest BCUT2D eigenvalue weighted by molar-refractivity contribution is 5.92. The van der Waals surface area contributed by atoms with Gasteiger partial charge in [-0.05, 0) is 60.9 Å². The number of aldehydes is 1. The van der Waals surface area contributed by atoms with Crippen LogP contribution in [0, 0.1) is 12.7 Å². The number of hydrogen-bond acceptors (Lipinski definition) is 4. The zero-order valence-electron chi connectivity index (χ0n) is 18.0. The minimum Gasteiger partial charge on any atom is -0.380 e. The van der Waals surface area contributed by atoms with Crippen LogP contribution in [0.5, 0.6) is 0 Å². The number of pyridine rings is 2. The molecule has 1 aliphatic heterocycles. The molecule has 1 aliphatic carbocycles. The number of hydrogen-bond donors (Lipinski definition) is 0. The molecule has 1 aromatic carbocycles. The number of aromatic nitrogens is 2. The summed E-state index contributed by atoms with van der Waals surface area (Å²) >= 11 is 0. The summed E-state index contributed by atoms with van der Waals surface area (Å²) in [5.74, 6) is -0.611. The summed E-state index contributed by atoms with van der Waals surface area (Å²) in [5.41, 5.74) is 7.17. The Morgan fingerprint density at radius 3 is 2.74 bits per heavy atom. The number of nitrogens with zero attached hydrogens (tertiary/aromatic N) is 2. The first kappa shape index (κ1) is 20.1. The van der Waals surface area contributed by atoms with E-state index in [0.29, 0.717) is 40.9 Å². The van der Waals surface area contributed by atoms with E-state index in [1.165, 1.54) is 11.6 Å². The molecule has 0 bridgehead atoms. The Morgan fingerprint density at radius 2 is 2.03 bits per heavy atom. The molecule has 0 spiro atoms. The predicted octanol–water partition coefficient (Wildman–Crippen LogP) is 4.20. The van der Waals surface area contributed by atoms with Crippen molar-refractivity contribution in [2.45, 2.75) is 58.6 Å². The first-order chi connectivity index (χ1) is 15.0. The second-order valence-corrected chi connectivity index (χ2v) is 8.57. The Morgan fingerprint density at radius 1 is 1.26 bits per heavy atom. The number of benzene rings is 1. The van der Waals surface area contributed by atoms with Crippen LogP contribution in [0.1, 0.15) is 59.1 Å². The third kappa shape index (κ3) is 2.81. The van der Waals surface area contributed by atoms with Gasteiger partial charge in [-0.3, -0.25) is 4.79 Å². The van der Waals surface area contributed by atoms with E-state index < -0.39 is 0 Å². The first-order valence-corrected chi connectivity index (χ1v) is 10.8. The Kier molecular flexibility index (Phi) is 4.77. The van der Waals surface area contributed by atoms with Crippen molar-refractivity contribution in [1.29, 1.82) is 0 Å². The number of aryl methyl sites for hydroxylation is 2. The molecule has 3 aromatic rings. The fraction of sp³-hybridized carbons (Fsp3) is 0.400. The van der Waals surface area contributed by atoms with E-state index in [0.717, 1.165) is 47.8 Å². The first-order valence-electron chi connectivity index (χ1n) is 10.8. The van der Waals surface area contributed by atoms with Crippen LogP contribution in [0.3, 0.4) is 0 Å². The van der Waals surface area contributed by atoms with Crippen LogP contribution in [-0.2, 0) is 35.5 Å². The smallest absolute Gasteiger partial charge is 0.257 e. The molecule has 5 nitrogen and oxygen atoms in total. The van der Waals surface area contributed by atoms with Crippen LogP contribution in [0.2, 0.25) is 0 Å². The molecule has 2 aliphatic rings. The second kappa shape index (κ2) is 7.38. The van der Waals surface area contributed by atoms with Gasteiger partial charge in [-0.15, -0.1) is 0 Å². The summed E-state index contributed by atoms with van der Waals surface area (Å²) in [6, 6.07) is 3.44. The van der Waals surface area contributed by atoms with Crippen molar-refractivity contribution in [3.05, 3.63) is 61.7 Å². The molecule has 6 heteroatoms.